The fourth-order valence-corrected chi connectivity index (χ4v) is 1.16. The van der Waals surface area contributed by atoms with Crippen molar-refractivity contribution in [1.82, 2.24) is 5.32 Å². The Labute approximate surface area is 43.4 Å². The fourth-order valence-electron chi connectivity index (χ4n) is 1.16. The van der Waals surface area contributed by atoms with E-state index in [1.165, 1.54) is 0 Å². The number of piperidine rings is 1. The standard InChI is InChI=1S/C5H7NO.H2/c7-5-4-1-3(4)2-6-5;/h3-4H,1-2H2,(H,6,7);1H. The molecule has 0 bridgehead atoms. The van der Waals surface area contributed by atoms with Crippen molar-refractivity contribution >= 4 is 5.91 Å². The van der Waals surface area contributed by atoms with Crippen molar-refractivity contribution in [3.05, 3.63) is 0 Å². The third-order valence-electron chi connectivity index (χ3n) is 1.80. The Bertz CT molecular complexity index is 126. The fraction of sp³-hybridized carbons (Fsp3) is 0.800. The molecule has 1 saturated heterocycles. The normalized spacial score (nSPS) is 45.4. The maximum Gasteiger partial charge on any atom is 0.223 e. The van der Waals surface area contributed by atoms with E-state index < -0.39 is 0 Å². The lowest BCUT2D eigenvalue weighted by molar-refractivity contribution is -0.120. The van der Waals surface area contributed by atoms with Crippen LogP contribution in [0.3, 0.4) is 0 Å². The summed E-state index contributed by atoms with van der Waals surface area (Å²) in [6.45, 7) is 0.948. The first-order valence-electron chi connectivity index (χ1n) is 2.65. The Balaban J connectivity index is 0.000000320. The van der Waals surface area contributed by atoms with Crippen molar-refractivity contribution in [2.75, 3.05) is 6.54 Å². The van der Waals surface area contributed by atoms with Gasteiger partial charge in [-0.15, -0.1) is 0 Å². The maximum atomic E-state index is 10.5. The average Bonchev–Trinajstić information content (AvgIpc) is 2.33. The van der Waals surface area contributed by atoms with Crippen molar-refractivity contribution in [2.24, 2.45) is 11.8 Å². The molecule has 2 unspecified atom stereocenters. The van der Waals surface area contributed by atoms with E-state index in [2.05, 4.69) is 5.32 Å². The maximum absolute atomic E-state index is 10.5. The summed E-state index contributed by atoms with van der Waals surface area (Å²) in [4.78, 5) is 10.5. The smallest absolute Gasteiger partial charge is 0.223 e. The van der Waals surface area contributed by atoms with Gasteiger partial charge >= 0.3 is 0 Å². The number of amides is 1. The second-order valence-corrected chi connectivity index (χ2v) is 2.35. The minimum Gasteiger partial charge on any atom is -0.356 e. The molecule has 2 heteroatoms. The number of hydrogen-bond acceptors (Lipinski definition) is 1. The number of fused-ring (bicyclic) bond motifs is 1. The number of hydrogen-bond donors (Lipinski definition) is 1. The van der Waals surface area contributed by atoms with E-state index >= 15 is 0 Å². The van der Waals surface area contributed by atoms with Crippen LogP contribution in [0.15, 0.2) is 0 Å². The van der Waals surface area contributed by atoms with Gasteiger partial charge in [0.25, 0.3) is 0 Å². The van der Waals surface area contributed by atoms with Gasteiger partial charge in [0.15, 0.2) is 0 Å². The monoisotopic (exact) mass is 99.1 g/mol. The van der Waals surface area contributed by atoms with Crippen molar-refractivity contribution in [2.45, 2.75) is 6.42 Å². The van der Waals surface area contributed by atoms with Gasteiger partial charge in [-0.3, -0.25) is 4.79 Å². The predicted octanol–water partition coefficient (Wildman–Crippen LogP) is -0.00170. The molecule has 1 saturated carbocycles. The molecule has 7 heavy (non-hydrogen) atoms. The first kappa shape index (κ1) is 3.47. The van der Waals surface area contributed by atoms with Crippen LogP contribution in [0, 0.1) is 11.8 Å². The predicted molar refractivity (Wildman–Crippen MR) is 26.7 cm³/mol. The summed E-state index contributed by atoms with van der Waals surface area (Å²) >= 11 is 0. The molecule has 2 rings (SSSR count). The lowest BCUT2D eigenvalue weighted by Gasteiger charge is -1.89. The molecule has 1 aliphatic carbocycles. The Morgan fingerprint density at radius 1 is 1.86 bits per heavy atom. The summed E-state index contributed by atoms with van der Waals surface area (Å²) in [5, 5.41) is 2.78. The molecule has 1 amide bonds. The van der Waals surface area contributed by atoms with Crippen LogP contribution in [0.25, 0.3) is 0 Å². The second kappa shape index (κ2) is 0.831. The second-order valence-electron chi connectivity index (χ2n) is 2.35. The Morgan fingerprint density at radius 2 is 2.71 bits per heavy atom. The summed E-state index contributed by atoms with van der Waals surface area (Å²) in [5.74, 6) is 1.44. The van der Waals surface area contributed by atoms with Gasteiger partial charge in [-0.25, -0.2) is 0 Å². The van der Waals surface area contributed by atoms with Crippen molar-refractivity contribution in [3.8, 4) is 0 Å². The van der Waals surface area contributed by atoms with E-state index in [0.717, 1.165) is 18.9 Å². The molecular weight excluding hydrogens is 90.1 g/mol. The molecule has 1 heterocycles. The van der Waals surface area contributed by atoms with Gasteiger partial charge in [0.2, 0.25) is 5.91 Å². The first-order valence-corrected chi connectivity index (χ1v) is 2.65. The molecule has 40 valence electrons. The number of rotatable bonds is 0. The lowest BCUT2D eigenvalue weighted by Crippen LogP contribution is -2.18. The highest BCUT2D eigenvalue weighted by molar-refractivity contribution is 5.84. The van der Waals surface area contributed by atoms with Gasteiger partial charge in [0.1, 0.15) is 0 Å². The van der Waals surface area contributed by atoms with Crippen LogP contribution < -0.4 is 5.32 Å². The Kier molecular flexibility index (Phi) is 0.412. The molecule has 2 fully saturated rings. The van der Waals surface area contributed by atoms with Gasteiger partial charge in [-0.1, -0.05) is 0 Å². The average molecular weight is 99.1 g/mol. The van der Waals surface area contributed by atoms with Crippen molar-refractivity contribution in [1.29, 1.82) is 0 Å². The quantitative estimate of drug-likeness (QED) is 0.455. The van der Waals surface area contributed by atoms with Crippen LogP contribution >= 0.6 is 0 Å². The highest BCUT2D eigenvalue weighted by Crippen LogP contribution is 2.41. The molecule has 1 N–H and O–H groups in total. The zero-order valence-electron chi connectivity index (χ0n) is 3.98. The highest BCUT2D eigenvalue weighted by Gasteiger charge is 2.47. The third kappa shape index (κ3) is 0.315. The molecule has 2 atom stereocenters. The van der Waals surface area contributed by atoms with Crippen molar-refractivity contribution < 1.29 is 6.22 Å². The van der Waals surface area contributed by atoms with Crippen LogP contribution in [0.2, 0.25) is 0 Å². The van der Waals surface area contributed by atoms with E-state index in [0.29, 0.717) is 5.92 Å². The Morgan fingerprint density at radius 3 is 2.86 bits per heavy atom. The Hall–Kier alpha value is -0.530. The molecule has 0 aromatic carbocycles. The molecule has 2 nitrogen and oxygen atoms in total. The van der Waals surface area contributed by atoms with Crippen LogP contribution in [0.5, 0.6) is 0 Å². The molecule has 0 spiro atoms. The van der Waals surface area contributed by atoms with Crippen molar-refractivity contribution in [3.63, 3.8) is 0 Å². The van der Waals surface area contributed by atoms with E-state index in [4.69, 9.17) is 0 Å². The summed E-state index contributed by atoms with van der Waals surface area (Å²) in [6.07, 6.45) is 1.16. The molecular formula is C5H9NO. The molecule has 2 aliphatic rings. The van der Waals surface area contributed by atoms with Crippen LogP contribution in [-0.4, -0.2) is 12.5 Å². The van der Waals surface area contributed by atoms with Gasteiger partial charge in [-0.05, 0) is 12.3 Å². The van der Waals surface area contributed by atoms with Gasteiger partial charge in [0, 0.05) is 13.9 Å². The van der Waals surface area contributed by atoms with Crippen LogP contribution in [0.1, 0.15) is 7.85 Å². The molecule has 1 aliphatic heterocycles. The summed E-state index contributed by atoms with van der Waals surface area (Å²) < 4.78 is 0. The number of carbonyl (C=O) groups excluding carboxylic acids is 1. The minimum atomic E-state index is 0. The van der Waals surface area contributed by atoms with Crippen LogP contribution in [-0.2, 0) is 4.79 Å². The summed E-state index contributed by atoms with van der Waals surface area (Å²) in [5.41, 5.74) is 0. The first-order chi connectivity index (χ1) is 3.38. The SMILES string of the molecule is O=C1NCC2CC12.[HH]. The highest BCUT2D eigenvalue weighted by atomic mass is 16.2. The van der Waals surface area contributed by atoms with Crippen LogP contribution in [0.4, 0.5) is 0 Å². The number of carbonyl (C=O) groups is 1. The summed E-state index contributed by atoms with van der Waals surface area (Å²) in [7, 11) is 0. The van der Waals surface area contributed by atoms with Gasteiger partial charge in [0.05, 0.1) is 0 Å². The molecule has 0 aromatic rings. The topological polar surface area (TPSA) is 29.1 Å². The van der Waals surface area contributed by atoms with E-state index in [-0.39, 0.29) is 7.33 Å². The molecule has 0 aromatic heterocycles. The van der Waals surface area contributed by atoms with Gasteiger partial charge < -0.3 is 5.32 Å². The van der Waals surface area contributed by atoms with E-state index in [9.17, 15) is 4.79 Å². The zero-order chi connectivity index (χ0) is 4.85. The minimum absolute atomic E-state index is 0. The number of nitrogens with one attached hydrogen (secondary N) is 1. The van der Waals surface area contributed by atoms with Gasteiger partial charge in [-0.2, -0.15) is 0 Å². The lowest BCUT2D eigenvalue weighted by atomic mass is 10.4. The van der Waals surface area contributed by atoms with E-state index in [1.54, 1.807) is 0 Å². The van der Waals surface area contributed by atoms with E-state index in [1.807, 2.05) is 0 Å². The molecule has 0 radical (unpaired) electrons. The zero-order valence-corrected chi connectivity index (χ0v) is 3.98. The third-order valence-corrected chi connectivity index (χ3v) is 1.80. The largest absolute Gasteiger partial charge is 0.356 e. The summed E-state index contributed by atoms with van der Waals surface area (Å²) in [6, 6.07) is 0.